The van der Waals surface area contributed by atoms with E-state index in [1.165, 1.54) is 18.9 Å². The van der Waals surface area contributed by atoms with Gasteiger partial charge in [0.05, 0.1) is 31.8 Å². The van der Waals surface area contributed by atoms with E-state index in [4.69, 9.17) is 13.9 Å². The second-order valence-electron chi connectivity index (χ2n) is 6.97. The van der Waals surface area contributed by atoms with Crippen LogP contribution in [0.2, 0.25) is 0 Å². The molecule has 0 saturated carbocycles. The van der Waals surface area contributed by atoms with Gasteiger partial charge >= 0.3 is 5.97 Å². The Balaban J connectivity index is 1.64. The number of anilines is 1. The van der Waals surface area contributed by atoms with E-state index >= 15 is 0 Å². The van der Waals surface area contributed by atoms with Crippen LogP contribution in [0.4, 0.5) is 5.95 Å². The summed E-state index contributed by atoms with van der Waals surface area (Å²) in [4.78, 5) is 14.0. The predicted molar refractivity (Wildman–Crippen MR) is 113 cm³/mol. The number of morpholine rings is 1. The molecule has 1 fully saturated rings. The second-order valence-corrected chi connectivity index (χ2v) is 7.91. The molecule has 0 atom stereocenters. The first-order chi connectivity index (χ1) is 14.6. The van der Waals surface area contributed by atoms with Gasteiger partial charge in [-0.1, -0.05) is 30.0 Å². The number of thioether (sulfide) groups is 1. The van der Waals surface area contributed by atoms with Crippen LogP contribution in [0.1, 0.15) is 27.4 Å². The van der Waals surface area contributed by atoms with Crippen LogP contribution in [0, 0.1) is 13.8 Å². The number of ether oxygens (including phenoxy) is 2. The molecule has 158 valence electrons. The van der Waals surface area contributed by atoms with Crippen molar-refractivity contribution in [2.24, 2.45) is 0 Å². The van der Waals surface area contributed by atoms with Crippen LogP contribution in [-0.2, 0) is 15.2 Å². The first-order valence-electron chi connectivity index (χ1n) is 9.73. The summed E-state index contributed by atoms with van der Waals surface area (Å²) in [5, 5.41) is 9.72. The highest BCUT2D eigenvalue weighted by Crippen LogP contribution is 2.31. The van der Waals surface area contributed by atoms with E-state index in [1.807, 2.05) is 12.1 Å². The second kappa shape index (κ2) is 8.93. The van der Waals surface area contributed by atoms with Gasteiger partial charge in [-0.25, -0.2) is 4.79 Å². The van der Waals surface area contributed by atoms with Gasteiger partial charge in [0.2, 0.25) is 5.95 Å². The first kappa shape index (κ1) is 20.5. The van der Waals surface area contributed by atoms with Crippen molar-refractivity contribution in [3.05, 3.63) is 53.0 Å². The number of aryl methyl sites for hydroxylation is 2. The molecular weight excluding hydrogens is 404 g/mol. The monoisotopic (exact) mass is 428 g/mol. The highest BCUT2D eigenvalue weighted by molar-refractivity contribution is 7.98. The van der Waals surface area contributed by atoms with Crippen molar-refractivity contribution in [1.82, 2.24) is 14.8 Å². The van der Waals surface area contributed by atoms with Crippen LogP contribution >= 0.6 is 11.8 Å². The molecule has 8 nitrogen and oxygen atoms in total. The number of hydrogen-bond acceptors (Lipinski definition) is 8. The van der Waals surface area contributed by atoms with Gasteiger partial charge in [-0.15, -0.1) is 10.2 Å². The fourth-order valence-electron chi connectivity index (χ4n) is 3.41. The van der Waals surface area contributed by atoms with E-state index in [0.29, 0.717) is 36.1 Å². The van der Waals surface area contributed by atoms with Gasteiger partial charge in [0.15, 0.2) is 5.16 Å². The van der Waals surface area contributed by atoms with Crippen molar-refractivity contribution in [1.29, 1.82) is 0 Å². The molecule has 1 saturated heterocycles. The van der Waals surface area contributed by atoms with E-state index in [-0.39, 0.29) is 0 Å². The van der Waals surface area contributed by atoms with Crippen LogP contribution in [0.15, 0.2) is 39.9 Å². The molecule has 1 aliphatic heterocycles. The van der Waals surface area contributed by atoms with E-state index in [1.54, 1.807) is 13.0 Å². The highest BCUT2D eigenvalue weighted by Gasteiger charge is 2.23. The molecule has 0 aliphatic carbocycles. The average Bonchev–Trinajstić information content (AvgIpc) is 3.36. The van der Waals surface area contributed by atoms with Crippen LogP contribution in [0.3, 0.4) is 0 Å². The number of hydrogen-bond donors (Lipinski definition) is 0. The van der Waals surface area contributed by atoms with Crippen molar-refractivity contribution < 1.29 is 18.7 Å². The van der Waals surface area contributed by atoms with Gasteiger partial charge < -0.3 is 18.8 Å². The van der Waals surface area contributed by atoms with Crippen molar-refractivity contribution in [3.63, 3.8) is 0 Å². The molecule has 1 aliphatic rings. The fraction of sp³-hybridized carbons (Fsp3) is 0.381. The Bertz CT molecular complexity index is 1040. The largest absolute Gasteiger partial charge is 0.465 e. The molecule has 0 amide bonds. The van der Waals surface area contributed by atoms with Crippen molar-refractivity contribution >= 4 is 23.7 Å². The van der Waals surface area contributed by atoms with Gasteiger partial charge in [0.1, 0.15) is 17.1 Å². The summed E-state index contributed by atoms with van der Waals surface area (Å²) in [6.07, 6.45) is 0. The Morgan fingerprint density at radius 3 is 2.70 bits per heavy atom. The summed E-state index contributed by atoms with van der Waals surface area (Å²) in [5.74, 6) is 2.16. The molecule has 9 heteroatoms. The SMILES string of the molecule is COC(=O)c1cc(CSc2nnc(N3CCOCC3)n2-c2ccccc2C)oc1C. The molecule has 0 bridgehead atoms. The maximum Gasteiger partial charge on any atom is 0.341 e. The average molecular weight is 429 g/mol. The summed E-state index contributed by atoms with van der Waals surface area (Å²) < 4.78 is 18.1. The minimum atomic E-state index is -0.398. The van der Waals surface area contributed by atoms with E-state index in [0.717, 1.165) is 35.4 Å². The zero-order chi connectivity index (χ0) is 21.1. The van der Waals surface area contributed by atoms with E-state index < -0.39 is 5.97 Å². The molecule has 0 N–H and O–H groups in total. The summed E-state index contributed by atoms with van der Waals surface area (Å²) in [6.45, 7) is 6.72. The summed E-state index contributed by atoms with van der Waals surface area (Å²) in [6, 6.07) is 9.90. The lowest BCUT2D eigenvalue weighted by molar-refractivity contribution is 0.0599. The summed E-state index contributed by atoms with van der Waals surface area (Å²) >= 11 is 1.52. The van der Waals surface area contributed by atoms with Crippen LogP contribution in [-0.4, -0.2) is 54.1 Å². The third-order valence-corrected chi connectivity index (χ3v) is 5.94. The molecule has 1 aromatic carbocycles. The molecule has 30 heavy (non-hydrogen) atoms. The zero-order valence-electron chi connectivity index (χ0n) is 17.3. The summed E-state index contributed by atoms with van der Waals surface area (Å²) in [7, 11) is 1.36. The molecule has 0 spiro atoms. The molecule has 0 radical (unpaired) electrons. The standard InChI is InChI=1S/C21H24N4O4S/c1-14-6-4-5-7-18(14)25-20(24-8-10-28-11-9-24)22-23-21(25)30-13-16-12-17(15(2)29-16)19(26)27-3/h4-7,12H,8-11,13H2,1-3H3. The number of rotatable bonds is 6. The maximum atomic E-state index is 11.8. The Kier molecular flexibility index (Phi) is 6.10. The number of para-hydroxylation sites is 1. The Morgan fingerprint density at radius 2 is 1.97 bits per heavy atom. The van der Waals surface area contributed by atoms with Gasteiger partial charge in [-0.05, 0) is 31.5 Å². The quantitative estimate of drug-likeness (QED) is 0.436. The van der Waals surface area contributed by atoms with Crippen molar-refractivity contribution in [2.45, 2.75) is 24.8 Å². The molecule has 3 heterocycles. The third kappa shape index (κ3) is 4.08. The van der Waals surface area contributed by atoms with Crippen LogP contribution in [0.5, 0.6) is 0 Å². The predicted octanol–water partition coefficient (Wildman–Crippen LogP) is 3.39. The molecule has 3 aromatic rings. The van der Waals surface area contributed by atoms with Crippen molar-refractivity contribution in [2.75, 3.05) is 38.3 Å². The number of carbonyl (C=O) groups excluding carboxylic acids is 1. The van der Waals surface area contributed by atoms with Gasteiger partial charge in [-0.2, -0.15) is 0 Å². The topological polar surface area (TPSA) is 82.6 Å². The molecule has 2 aromatic heterocycles. The molecule has 4 rings (SSSR count). The Labute approximate surface area is 179 Å². The number of nitrogens with zero attached hydrogens (tertiary/aromatic N) is 4. The van der Waals surface area contributed by atoms with Gasteiger partial charge in [0.25, 0.3) is 0 Å². The number of furan rings is 1. The van der Waals surface area contributed by atoms with E-state index in [9.17, 15) is 4.79 Å². The van der Waals surface area contributed by atoms with E-state index in [2.05, 4.69) is 38.7 Å². The summed E-state index contributed by atoms with van der Waals surface area (Å²) in [5.41, 5.74) is 2.62. The number of esters is 1. The Morgan fingerprint density at radius 1 is 1.20 bits per heavy atom. The normalized spacial score (nSPS) is 14.2. The number of benzene rings is 1. The molecule has 0 unspecified atom stereocenters. The minimum absolute atomic E-state index is 0.398. The Hall–Kier alpha value is -2.78. The van der Waals surface area contributed by atoms with Crippen molar-refractivity contribution in [3.8, 4) is 5.69 Å². The highest BCUT2D eigenvalue weighted by atomic mass is 32.2. The minimum Gasteiger partial charge on any atom is -0.465 e. The third-order valence-electron chi connectivity index (χ3n) is 4.98. The van der Waals surface area contributed by atoms with Gasteiger partial charge in [0, 0.05) is 13.1 Å². The lowest BCUT2D eigenvalue weighted by Crippen LogP contribution is -2.38. The zero-order valence-corrected chi connectivity index (χ0v) is 18.1. The lowest BCUT2D eigenvalue weighted by Gasteiger charge is -2.28. The lowest BCUT2D eigenvalue weighted by atomic mass is 10.2. The number of methoxy groups -OCH3 is 1. The first-order valence-corrected chi connectivity index (χ1v) is 10.7. The smallest absolute Gasteiger partial charge is 0.341 e. The van der Waals surface area contributed by atoms with Crippen LogP contribution in [0.25, 0.3) is 5.69 Å². The fourth-order valence-corrected chi connectivity index (χ4v) is 4.23. The maximum absolute atomic E-state index is 11.8. The number of carbonyl (C=O) groups is 1. The molecular formula is C21H24N4O4S. The van der Waals surface area contributed by atoms with Gasteiger partial charge in [-0.3, -0.25) is 4.57 Å². The number of aromatic nitrogens is 3. The van der Waals surface area contributed by atoms with Crippen LogP contribution < -0.4 is 4.90 Å².